The van der Waals surface area contributed by atoms with Gasteiger partial charge in [0.1, 0.15) is 11.4 Å². The van der Waals surface area contributed by atoms with Crippen molar-refractivity contribution in [2.45, 2.75) is 19.4 Å². The maximum Gasteiger partial charge on any atom is 0.337 e. The molecule has 11 nitrogen and oxygen atoms in total. The van der Waals surface area contributed by atoms with E-state index in [9.17, 15) is 9.59 Å². The maximum absolute atomic E-state index is 13.2. The van der Waals surface area contributed by atoms with Crippen LogP contribution in [0.5, 0.6) is 0 Å². The van der Waals surface area contributed by atoms with Crippen molar-refractivity contribution >= 4 is 34.5 Å². The van der Waals surface area contributed by atoms with Crippen LogP contribution in [0, 0.1) is 5.92 Å². The van der Waals surface area contributed by atoms with E-state index in [-0.39, 0.29) is 17.4 Å². The summed E-state index contributed by atoms with van der Waals surface area (Å²) in [5, 5.41) is 25.2. The van der Waals surface area contributed by atoms with E-state index in [0.29, 0.717) is 52.8 Å². The first-order chi connectivity index (χ1) is 16.0. The number of nitrogens with one attached hydrogen (secondary N) is 1. The van der Waals surface area contributed by atoms with Gasteiger partial charge in [-0.3, -0.25) is 19.6 Å². The number of carbonyl (C=O) groups excluding carboxylic acids is 1. The standard InChI is InChI=1S/C21H19ClN8O3/c22-14-5-6-23-19-17(14)18(26-27-19)20(31)29-7-1-2-12(9-29)10-30-11-16(25-28-30)15-4-3-13(8-24-15)21(32)33/h3-6,8,11-12H,1-2,7,9-10H2,(H,32,33)(H,23,26,27). The fourth-order valence-electron chi connectivity index (χ4n) is 4.06. The Morgan fingerprint density at radius 3 is 2.88 bits per heavy atom. The molecule has 1 aliphatic rings. The van der Waals surface area contributed by atoms with Gasteiger partial charge in [-0.2, -0.15) is 5.10 Å². The molecule has 1 amide bonds. The number of carboxylic acid groups (broad SMARTS) is 1. The Morgan fingerprint density at radius 1 is 1.21 bits per heavy atom. The topological polar surface area (TPSA) is 143 Å². The fraction of sp³-hybridized carbons (Fsp3) is 0.286. The van der Waals surface area contributed by atoms with Crippen molar-refractivity contribution in [1.29, 1.82) is 0 Å². The first kappa shape index (κ1) is 21.0. The molecule has 0 spiro atoms. The van der Waals surface area contributed by atoms with Gasteiger partial charge in [-0.1, -0.05) is 16.8 Å². The zero-order valence-electron chi connectivity index (χ0n) is 17.3. The van der Waals surface area contributed by atoms with Crippen LogP contribution in [0.1, 0.15) is 33.7 Å². The van der Waals surface area contributed by atoms with Crippen molar-refractivity contribution in [3.8, 4) is 11.4 Å². The predicted octanol–water partition coefficient (Wildman–Crippen LogP) is 2.52. The second-order valence-corrected chi connectivity index (χ2v) is 8.32. The summed E-state index contributed by atoms with van der Waals surface area (Å²) >= 11 is 6.28. The summed E-state index contributed by atoms with van der Waals surface area (Å²) in [6, 6.07) is 4.73. The van der Waals surface area contributed by atoms with E-state index >= 15 is 0 Å². The molecule has 5 rings (SSSR count). The van der Waals surface area contributed by atoms with Gasteiger partial charge in [0, 0.05) is 32.0 Å². The normalized spacial score (nSPS) is 16.3. The Labute approximate surface area is 192 Å². The number of halogens is 1. The van der Waals surface area contributed by atoms with E-state index in [1.54, 1.807) is 34.1 Å². The lowest BCUT2D eigenvalue weighted by atomic mass is 9.97. The Kier molecular flexibility index (Phi) is 5.47. The van der Waals surface area contributed by atoms with E-state index < -0.39 is 5.97 Å². The molecule has 2 N–H and O–H groups in total. The third-order valence-electron chi connectivity index (χ3n) is 5.68. The van der Waals surface area contributed by atoms with Crippen molar-refractivity contribution in [2.75, 3.05) is 13.1 Å². The summed E-state index contributed by atoms with van der Waals surface area (Å²) in [4.78, 5) is 34.3. The van der Waals surface area contributed by atoms with Crippen LogP contribution in [0.2, 0.25) is 5.02 Å². The molecule has 5 heterocycles. The molecule has 168 valence electrons. The van der Waals surface area contributed by atoms with E-state index in [1.807, 2.05) is 0 Å². The largest absolute Gasteiger partial charge is 0.478 e. The molecule has 1 unspecified atom stereocenters. The molecule has 1 saturated heterocycles. The zero-order valence-corrected chi connectivity index (χ0v) is 18.1. The average molecular weight is 467 g/mol. The second-order valence-electron chi connectivity index (χ2n) is 7.91. The quantitative estimate of drug-likeness (QED) is 0.456. The van der Waals surface area contributed by atoms with Crippen LogP contribution in [-0.4, -0.2) is 70.1 Å². The van der Waals surface area contributed by atoms with Crippen LogP contribution in [0.25, 0.3) is 22.4 Å². The molecular weight excluding hydrogens is 448 g/mol. The summed E-state index contributed by atoms with van der Waals surface area (Å²) in [7, 11) is 0. The lowest BCUT2D eigenvalue weighted by Gasteiger charge is -2.32. The van der Waals surface area contributed by atoms with Crippen LogP contribution in [0.3, 0.4) is 0 Å². The number of H-pyrrole nitrogens is 1. The number of piperidine rings is 1. The fourth-order valence-corrected chi connectivity index (χ4v) is 4.30. The highest BCUT2D eigenvalue weighted by atomic mass is 35.5. The number of pyridine rings is 2. The van der Waals surface area contributed by atoms with Gasteiger partial charge in [-0.25, -0.2) is 9.78 Å². The molecular formula is C21H19ClN8O3. The van der Waals surface area contributed by atoms with Crippen molar-refractivity contribution in [2.24, 2.45) is 5.92 Å². The number of hydrogen-bond acceptors (Lipinski definition) is 7. The van der Waals surface area contributed by atoms with Crippen LogP contribution >= 0.6 is 11.6 Å². The Balaban J connectivity index is 1.28. The summed E-state index contributed by atoms with van der Waals surface area (Å²) in [5.74, 6) is -0.989. The molecule has 1 aliphatic heterocycles. The molecule has 1 atom stereocenters. The number of hydrogen-bond donors (Lipinski definition) is 2. The molecule has 0 bridgehead atoms. The predicted molar refractivity (Wildman–Crippen MR) is 118 cm³/mol. The molecule has 0 aliphatic carbocycles. The number of amides is 1. The highest BCUT2D eigenvalue weighted by Gasteiger charge is 2.28. The van der Waals surface area contributed by atoms with E-state index in [0.717, 1.165) is 12.8 Å². The Morgan fingerprint density at radius 2 is 2.09 bits per heavy atom. The molecule has 0 aromatic carbocycles. The molecule has 4 aromatic rings. The third-order valence-corrected chi connectivity index (χ3v) is 6.00. The summed E-state index contributed by atoms with van der Waals surface area (Å²) in [6.45, 7) is 1.81. The number of aromatic nitrogens is 7. The molecule has 33 heavy (non-hydrogen) atoms. The second kappa shape index (κ2) is 8.58. The highest BCUT2D eigenvalue weighted by molar-refractivity contribution is 6.36. The molecule has 0 radical (unpaired) electrons. The average Bonchev–Trinajstić information content (AvgIpc) is 3.47. The number of carbonyl (C=O) groups is 2. The van der Waals surface area contributed by atoms with Crippen LogP contribution < -0.4 is 0 Å². The first-order valence-electron chi connectivity index (χ1n) is 10.4. The van der Waals surface area contributed by atoms with E-state index in [2.05, 4.69) is 30.5 Å². The minimum atomic E-state index is -1.03. The van der Waals surface area contributed by atoms with Gasteiger partial charge in [-0.05, 0) is 37.0 Å². The monoisotopic (exact) mass is 466 g/mol. The van der Waals surface area contributed by atoms with Gasteiger partial charge in [0.2, 0.25) is 0 Å². The Bertz CT molecular complexity index is 1330. The minimum Gasteiger partial charge on any atom is -0.478 e. The van der Waals surface area contributed by atoms with Crippen molar-refractivity contribution in [1.82, 2.24) is 40.1 Å². The van der Waals surface area contributed by atoms with Crippen molar-refractivity contribution in [3.05, 3.63) is 53.1 Å². The van der Waals surface area contributed by atoms with Gasteiger partial charge < -0.3 is 10.0 Å². The number of likely N-dealkylation sites (tertiary alicyclic amines) is 1. The molecule has 1 fully saturated rings. The number of rotatable bonds is 5. The Hall–Kier alpha value is -3.86. The van der Waals surface area contributed by atoms with Crippen LogP contribution in [0.4, 0.5) is 0 Å². The molecule has 12 heteroatoms. The van der Waals surface area contributed by atoms with Crippen molar-refractivity contribution in [3.63, 3.8) is 0 Å². The van der Waals surface area contributed by atoms with Gasteiger partial charge in [0.15, 0.2) is 5.65 Å². The van der Waals surface area contributed by atoms with Gasteiger partial charge >= 0.3 is 5.97 Å². The van der Waals surface area contributed by atoms with Crippen molar-refractivity contribution < 1.29 is 14.7 Å². The van der Waals surface area contributed by atoms with E-state index in [1.165, 1.54) is 12.3 Å². The van der Waals surface area contributed by atoms with Gasteiger partial charge in [0.25, 0.3) is 5.91 Å². The van der Waals surface area contributed by atoms with E-state index in [4.69, 9.17) is 16.7 Å². The lowest BCUT2D eigenvalue weighted by Crippen LogP contribution is -2.41. The smallest absolute Gasteiger partial charge is 0.337 e. The van der Waals surface area contributed by atoms with Gasteiger partial charge in [-0.15, -0.1) is 5.10 Å². The van der Waals surface area contributed by atoms with Crippen LogP contribution in [0.15, 0.2) is 36.8 Å². The summed E-state index contributed by atoms with van der Waals surface area (Å²) in [6.07, 6.45) is 6.45. The maximum atomic E-state index is 13.2. The summed E-state index contributed by atoms with van der Waals surface area (Å²) < 4.78 is 1.73. The number of nitrogens with zero attached hydrogens (tertiary/aromatic N) is 7. The number of carboxylic acids is 1. The summed E-state index contributed by atoms with van der Waals surface area (Å²) in [5.41, 5.74) is 1.98. The zero-order chi connectivity index (χ0) is 22.9. The highest BCUT2D eigenvalue weighted by Crippen LogP contribution is 2.26. The number of fused-ring (bicyclic) bond motifs is 1. The first-order valence-corrected chi connectivity index (χ1v) is 10.7. The minimum absolute atomic E-state index is 0.111. The molecule has 0 saturated carbocycles. The van der Waals surface area contributed by atoms with Crippen LogP contribution in [-0.2, 0) is 6.54 Å². The number of aromatic carboxylic acids is 1. The molecule has 4 aromatic heterocycles. The number of aromatic amines is 1. The SMILES string of the molecule is O=C(O)c1ccc(-c2cn(CC3CCCN(C(=O)c4[nH]nc5nccc(Cl)c45)C3)nn2)nc1. The van der Waals surface area contributed by atoms with Gasteiger partial charge in [0.05, 0.1) is 27.9 Å². The lowest BCUT2D eigenvalue weighted by molar-refractivity contribution is 0.0653. The third kappa shape index (κ3) is 4.14.